The van der Waals surface area contributed by atoms with Crippen LogP contribution in [0.3, 0.4) is 0 Å². The summed E-state index contributed by atoms with van der Waals surface area (Å²) in [6, 6.07) is 19.9. The van der Waals surface area contributed by atoms with Crippen LogP contribution in [0.2, 0.25) is 10.0 Å². The number of carbonyl (C=O) groups excluding carboxylic acids is 3. The van der Waals surface area contributed by atoms with Crippen molar-refractivity contribution in [2.75, 3.05) is 162 Å². The molecule has 14 atom stereocenters. The molecule has 4 aliphatic carbocycles. The number of aryl methyl sites for hydroxylation is 2. The molecule has 10 heterocycles. The van der Waals surface area contributed by atoms with Crippen LogP contribution < -0.4 is 34.0 Å². The lowest BCUT2D eigenvalue weighted by Gasteiger charge is -2.53. The maximum absolute atomic E-state index is 13.7. The first kappa shape index (κ1) is 80.7. The van der Waals surface area contributed by atoms with Crippen molar-refractivity contribution in [2.24, 2.45) is 35.5 Å². The van der Waals surface area contributed by atoms with Crippen LogP contribution in [0.4, 0.5) is 11.6 Å². The van der Waals surface area contributed by atoms with Gasteiger partial charge in [-0.15, -0.1) is 0 Å². The average Bonchev–Trinajstić information content (AvgIpc) is 1.50. The molecule has 4 bridgehead atoms. The zero-order valence-electron chi connectivity index (χ0n) is 64.7. The summed E-state index contributed by atoms with van der Waals surface area (Å²) in [6.45, 7) is 21.6. The minimum Gasteiger partial charge on any atom is -0.489 e. The molecule has 2 saturated carbocycles. The number of piperazine rings is 2. The Hall–Kier alpha value is -5.85. The lowest BCUT2D eigenvalue weighted by Crippen LogP contribution is -2.62. The van der Waals surface area contributed by atoms with Crippen LogP contribution in [0.5, 0.6) is 11.5 Å². The Bertz CT molecular complexity index is 4250. The molecule has 16 rings (SSSR count). The smallest absolute Gasteiger partial charge is 0.283 e. The molecule has 8 aliphatic heterocycles. The number of benzene rings is 2. The third-order valence-corrected chi connectivity index (χ3v) is 30.9. The minimum atomic E-state index is -4.13. The molecule has 28 heteroatoms. The zero-order valence-corrected chi connectivity index (χ0v) is 67.8. The van der Waals surface area contributed by atoms with Gasteiger partial charge < -0.3 is 48.3 Å². The van der Waals surface area contributed by atoms with E-state index in [-0.39, 0.29) is 64.8 Å². The van der Waals surface area contributed by atoms with E-state index in [2.05, 4.69) is 69.6 Å². The first-order valence-electron chi connectivity index (χ1n) is 40.0. The number of halogens is 2. The summed E-state index contributed by atoms with van der Waals surface area (Å²) >= 11 is 12.9. The normalized spacial score (nSPS) is 34.2. The molecule has 3 N–H and O–H groups in total. The van der Waals surface area contributed by atoms with Gasteiger partial charge >= 0.3 is 0 Å². The second-order valence-electron chi connectivity index (χ2n) is 33.1. The highest BCUT2D eigenvalue weighted by Crippen LogP contribution is 2.52. The molecule has 2 amide bonds. The van der Waals surface area contributed by atoms with Crippen molar-refractivity contribution in [3.8, 4) is 11.5 Å². The first-order chi connectivity index (χ1) is 53.0. The van der Waals surface area contributed by atoms with Gasteiger partial charge in [0.25, 0.3) is 11.8 Å². The monoisotopic (exact) mass is 1590 g/mol. The Morgan fingerprint density at radius 3 is 1.75 bits per heavy atom. The van der Waals surface area contributed by atoms with Gasteiger partial charge in [0, 0.05) is 152 Å². The van der Waals surface area contributed by atoms with Gasteiger partial charge in [0.1, 0.15) is 22.6 Å². The number of rotatable bonds is 8. The number of aldehydes is 1. The fourth-order valence-corrected chi connectivity index (χ4v) is 23.1. The van der Waals surface area contributed by atoms with Gasteiger partial charge in [0.15, 0.2) is 29.4 Å². The van der Waals surface area contributed by atoms with Crippen LogP contribution in [0.1, 0.15) is 135 Å². The first-order valence-corrected chi connectivity index (χ1v) is 43.8. The zero-order chi connectivity index (χ0) is 77.2. The number of fused-ring (bicyclic) bond motifs is 10. The van der Waals surface area contributed by atoms with Gasteiger partial charge in [-0.05, 0) is 197 Å². The molecule has 2 aromatic heterocycles. The van der Waals surface area contributed by atoms with Crippen molar-refractivity contribution >= 4 is 73.0 Å². The molecular formula is C82H112Cl2N10O14S2. The second kappa shape index (κ2) is 34.3. The molecular weight excluding hydrogens is 1480 g/mol. The van der Waals surface area contributed by atoms with Crippen LogP contribution in [0.25, 0.3) is 0 Å². The maximum atomic E-state index is 13.7. The van der Waals surface area contributed by atoms with Crippen LogP contribution in [-0.4, -0.2) is 246 Å². The number of nitrogens with one attached hydrogen (secondary N) is 3. The van der Waals surface area contributed by atoms with E-state index >= 15 is 0 Å². The molecule has 110 heavy (non-hydrogen) atoms. The van der Waals surface area contributed by atoms with E-state index < -0.39 is 53.6 Å². The number of aromatic nitrogens is 2. The highest BCUT2D eigenvalue weighted by atomic mass is 35.5. The number of carbonyl (C=O) groups is 3. The number of allylic oxidation sites excluding steroid dienone is 2. The Balaban J connectivity index is 0.000000163. The second-order valence-corrected chi connectivity index (χ2v) is 38.0. The molecule has 4 aromatic rings. The number of anilines is 2. The number of hydrogen-bond acceptors (Lipinski definition) is 22. The highest BCUT2D eigenvalue weighted by molar-refractivity contribution is 7.91. The maximum Gasteiger partial charge on any atom is 0.283 e. The van der Waals surface area contributed by atoms with E-state index in [9.17, 15) is 31.2 Å². The van der Waals surface area contributed by atoms with Crippen molar-refractivity contribution in [3.63, 3.8) is 0 Å². The van der Waals surface area contributed by atoms with E-state index in [4.69, 9.17) is 66.3 Å². The molecule has 2 spiro atoms. The SMILES string of the molecule is C1CN2CCOC[C@@H]2CN1.COCC[C@@H]1[C@@H](C)C/C=C/[C@](C=O)(OC)[C@@H]2CC[C@H]2CN2C[C@@]3(CCCc4cc(Cl)ccc43)COc3ccc(nc32)C(=O)NS1(=O)=O.CO[C@@]1(CN2CCN3CCOC[C@@H]3C2)/C=C/C[C@H](C)[C@@H](C)S(=O)(=O)NC(=O)c2ccc3c(n2)N(C[C@@H]2CC[C@H]21)C[C@@]1(CCCc2cc(Cl)ccc21)CO3. The lowest BCUT2D eigenvalue weighted by molar-refractivity contribution is -0.136. The fraction of sp³-hybridized carbons (Fsp3) is 0.646. The largest absolute Gasteiger partial charge is 0.489 e. The Kier molecular flexibility index (Phi) is 25.2. The van der Waals surface area contributed by atoms with E-state index in [1.54, 1.807) is 38.3 Å². The summed E-state index contributed by atoms with van der Waals surface area (Å²) in [5, 5.41) is 3.07. The van der Waals surface area contributed by atoms with Crippen molar-refractivity contribution in [1.82, 2.24) is 39.4 Å². The third-order valence-electron chi connectivity index (χ3n) is 26.6. The van der Waals surface area contributed by atoms with Crippen LogP contribution >= 0.6 is 23.2 Å². The standard InChI is InChI=1S/C40H54ClN5O6S.C35H44ClN3O7S.C7H14N2O/c1-27-6-4-15-40(50-3,25-44-16-17-45-18-19-51-23-32(45)22-44)34-10-8-30(34)21-46-24-39(14-5-7-29-20-31(41)9-11-33(29)39)26-52-36-13-12-35(42-37(36)46)38(47)43-53(48,49)28(27)2;1-23-6-4-16-35(21-40,45-3)28-10-8-25(28)19-39-20-34(15-5-7-24-18-26(36)9-11-27(24)34)22-46-30-13-12-29(37-32(30)39)33(41)38-47(42,43)31(23)14-17-44-2;1-2-9-3-4-10-6-7(9)5-8-1/h4,9,11-13,15,20,27-28,30,32,34H,5-8,10,14,16-19,21-26H2,1-3H3,(H,43,47);4,9,11-13,16,18,21,23,25,28,31H,5-8,10,14-15,17,19-20,22H2,1-3H3,(H,38,41);7-8H,1-6H2/b15-4+;16-4+;/t27-,28+,30-,32-,34+,39-,40+;23-,25-,28+,31+,34-,35+;7-/m000/s1. The van der Waals surface area contributed by atoms with Gasteiger partial charge in [0.2, 0.25) is 20.0 Å². The molecule has 12 aliphatic rings. The predicted molar refractivity (Wildman–Crippen MR) is 424 cm³/mol. The highest BCUT2D eigenvalue weighted by Gasteiger charge is 2.53. The topological polar surface area (TPSA) is 262 Å². The Labute approximate surface area is 659 Å². The number of ether oxygens (including phenoxy) is 7. The summed E-state index contributed by atoms with van der Waals surface area (Å²) in [5.74, 6) is 0.575. The molecule has 6 fully saturated rings. The van der Waals surface area contributed by atoms with Crippen molar-refractivity contribution < 1.29 is 64.4 Å². The van der Waals surface area contributed by atoms with Crippen LogP contribution in [0, 0.1) is 35.5 Å². The Morgan fingerprint density at radius 1 is 0.636 bits per heavy atom. The predicted octanol–water partition coefficient (Wildman–Crippen LogP) is 8.85. The minimum absolute atomic E-state index is 0.0119. The van der Waals surface area contributed by atoms with Crippen LogP contribution in [0.15, 0.2) is 85.0 Å². The number of nitrogens with zero attached hydrogens (tertiary/aromatic N) is 7. The number of pyridine rings is 2. The van der Waals surface area contributed by atoms with Gasteiger partial charge in [-0.1, -0.05) is 67.4 Å². The van der Waals surface area contributed by atoms with E-state index in [0.717, 1.165) is 154 Å². The number of morpholine rings is 2. The molecule has 0 radical (unpaired) electrons. The number of methoxy groups -OCH3 is 3. The lowest BCUT2D eigenvalue weighted by atomic mass is 9.63. The molecule has 4 saturated heterocycles. The molecule has 600 valence electrons. The van der Waals surface area contributed by atoms with Gasteiger partial charge in [-0.2, -0.15) is 0 Å². The number of hydrogen-bond donors (Lipinski definition) is 3. The molecule has 24 nitrogen and oxygen atoms in total. The Morgan fingerprint density at radius 2 is 1.20 bits per heavy atom. The summed E-state index contributed by atoms with van der Waals surface area (Å²) in [6.07, 6.45) is 19.5. The van der Waals surface area contributed by atoms with Gasteiger partial charge in [-0.3, -0.25) is 29.1 Å². The number of amides is 2. The molecule has 2 aromatic carbocycles. The quantitative estimate of drug-likeness (QED) is 0.110. The summed E-state index contributed by atoms with van der Waals surface area (Å²) in [5.41, 5.74) is 2.56. The van der Waals surface area contributed by atoms with E-state index in [0.29, 0.717) is 98.4 Å². The third kappa shape index (κ3) is 17.0. The van der Waals surface area contributed by atoms with Crippen LogP contribution in [-0.2, 0) is 72.2 Å². The number of sulfonamides is 2. The van der Waals surface area contributed by atoms with E-state index in [1.807, 2.05) is 45.2 Å². The van der Waals surface area contributed by atoms with Gasteiger partial charge in [-0.25, -0.2) is 36.2 Å². The summed E-state index contributed by atoms with van der Waals surface area (Å²) in [4.78, 5) is 61.8. The fourth-order valence-electron chi connectivity index (χ4n) is 19.8. The van der Waals surface area contributed by atoms with Crippen molar-refractivity contribution in [2.45, 2.75) is 149 Å². The van der Waals surface area contributed by atoms with E-state index in [1.165, 1.54) is 42.0 Å². The van der Waals surface area contributed by atoms with Crippen molar-refractivity contribution in [1.29, 1.82) is 0 Å². The van der Waals surface area contributed by atoms with Gasteiger partial charge in [0.05, 0.1) is 50.1 Å². The average molecular weight is 1600 g/mol. The summed E-state index contributed by atoms with van der Waals surface area (Å²) in [7, 11) is -3.22. The molecule has 0 unspecified atom stereocenters. The summed E-state index contributed by atoms with van der Waals surface area (Å²) < 4.78 is 102. The van der Waals surface area contributed by atoms with Crippen molar-refractivity contribution in [3.05, 3.63) is 129 Å².